The van der Waals surface area contributed by atoms with E-state index in [1.54, 1.807) is 12.1 Å². The van der Waals surface area contributed by atoms with Crippen LogP contribution in [-0.4, -0.2) is 45.7 Å². The SMILES string of the molecule is C=C(CC(=O)O)C(=O)O.Nc1ccc(Br)cc1.O=C(O)C1CC(=O)N(c2ccc(Br)cc2)C1. The van der Waals surface area contributed by atoms with Crippen molar-refractivity contribution in [2.45, 2.75) is 12.8 Å². The van der Waals surface area contributed by atoms with Gasteiger partial charge in [-0.05, 0) is 48.5 Å². The molecule has 0 saturated carbocycles. The van der Waals surface area contributed by atoms with Crippen molar-refractivity contribution in [2.24, 2.45) is 5.92 Å². The number of rotatable bonds is 5. The third kappa shape index (κ3) is 10.3. The smallest absolute Gasteiger partial charge is 0.331 e. The first kappa shape index (κ1) is 27.9. The van der Waals surface area contributed by atoms with E-state index in [-0.39, 0.29) is 24.4 Å². The van der Waals surface area contributed by atoms with Crippen LogP contribution in [0.25, 0.3) is 0 Å². The molecule has 1 unspecified atom stereocenters. The Labute approximate surface area is 206 Å². The van der Waals surface area contributed by atoms with Gasteiger partial charge in [0.05, 0.1) is 12.3 Å². The molecule has 1 aliphatic rings. The van der Waals surface area contributed by atoms with E-state index in [2.05, 4.69) is 38.4 Å². The van der Waals surface area contributed by atoms with E-state index in [9.17, 15) is 19.2 Å². The summed E-state index contributed by atoms with van der Waals surface area (Å²) in [5.41, 5.74) is 6.65. The van der Waals surface area contributed by atoms with Gasteiger partial charge in [-0.25, -0.2) is 4.79 Å². The van der Waals surface area contributed by atoms with Gasteiger partial charge in [0.2, 0.25) is 5.91 Å². The van der Waals surface area contributed by atoms with E-state index in [4.69, 9.17) is 21.1 Å². The maximum Gasteiger partial charge on any atom is 0.331 e. The number of amides is 1. The molecule has 1 atom stereocenters. The molecule has 2 aromatic rings. The van der Waals surface area contributed by atoms with Gasteiger partial charge in [0.25, 0.3) is 0 Å². The Kier molecular flexibility index (Phi) is 11.3. The fourth-order valence-corrected chi connectivity index (χ4v) is 2.99. The quantitative estimate of drug-likeness (QED) is 0.302. The molecule has 11 heteroatoms. The maximum atomic E-state index is 11.6. The summed E-state index contributed by atoms with van der Waals surface area (Å²) in [4.78, 5) is 43.6. The molecule has 176 valence electrons. The highest BCUT2D eigenvalue weighted by molar-refractivity contribution is 9.10. The Morgan fingerprint density at radius 2 is 1.45 bits per heavy atom. The number of hydrogen-bond acceptors (Lipinski definition) is 5. The predicted octanol–water partition coefficient (Wildman–Crippen LogP) is 4.02. The van der Waals surface area contributed by atoms with Crippen molar-refractivity contribution in [3.8, 4) is 0 Å². The highest BCUT2D eigenvalue weighted by Gasteiger charge is 2.34. The molecule has 9 nitrogen and oxygen atoms in total. The summed E-state index contributed by atoms with van der Waals surface area (Å²) in [7, 11) is 0. The molecule has 0 radical (unpaired) electrons. The van der Waals surface area contributed by atoms with E-state index in [1.165, 1.54) is 4.90 Å². The molecular weight excluding hydrogens is 564 g/mol. The summed E-state index contributed by atoms with van der Waals surface area (Å²) in [5.74, 6) is -4.07. The highest BCUT2D eigenvalue weighted by Crippen LogP contribution is 2.26. The molecule has 1 aliphatic heterocycles. The van der Waals surface area contributed by atoms with Gasteiger partial charge in [-0.3, -0.25) is 14.4 Å². The molecular formula is C22H22Br2N2O7. The minimum atomic E-state index is -1.27. The van der Waals surface area contributed by atoms with Gasteiger partial charge in [0, 0.05) is 38.9 Å². The Bertz CT molecular complexity index is 987. The zero-order chi connectivity index (χ0) is 25.1. The molecule has 5 N–H and O–H groups in total. The molecule has 0 bridgehead atoms. The third-order valence-electron chi connectivity index (χ3n) is 4.15. The third-order valence-corrected chi connectivity index (χ3v) is 5.21. The lowest BCUT2D eigenvalue weighted by molar-refractivity contribution is -0.141. The average molecular weight is 586 g/mol. The van der Waals surface area contributed by atoms with Crippen molar-refractivity contribution in [3.05, 3.63) is 69.6 Å². The summed E-state index contributed by atoms with van der Waals surface area (Å²) >= 11 is 6.60. The van der Waals surface area contributed by atoms with Gasteiger partial charge < -0.3 is 26.0 Å². The van der Waals surface area contributed by atoms with Gasteiger partial charge >= 0.3 is 17.9 Å². The number of carbonyl (C=O) groups excluding carboxylic acids is 1. The molecule has 1 fully saturated rings. The Morgan fingerprint density at radius 3 is 1.79 bits per heavy atom. The number of carbonyl (C=O) groups is 4. The summed E-state index contributed by atoms with van der Waals surface area (Å²) in [6.45, 7) is 3.27. The molecule has 1 amide bonds. The minimum Gasteiger partial charge on any atom is -0.481 e. The molecule has 2 aromatic carbocycles. The predicted molar refractivity (Wildman–Crippen MR) is 130 cm³/mol. The van der Waals surface area contributed by atoms with Gasteiger partial charge in [0.1, 0.15) is 0 Å². The second-order valence-electron chi connectivity index (χ2n) is 6.75. The van der Waals surface area contributed by atoms with Crippen LogP contribution >= 0.6 is 31.9 Å². The van der Waals surface area contributed by atoms with Crippen LogP contribution < -0.4 is 10.6 Å². The number of carboxylic acid groups (broad SMARTS) is 3. The van der Waals surface area contributed by atoms with Gasteiger partial charge in [-0.15, -0.1) is 0 Å². The summed E-state index contributed by atoms with van der Waals surface area (Å²) in [6, 6.07) is 14.8. The standard InChI is InChI=1S/C11H10BrNO3.C6H6BrN.C5H6O4/c12-8-1-3-9(4-2-8)13-6-7(11(15)16)5-10(13)14;7-5-1-3-6(8)4-2-5;1-3(5(8)9)2-4(6)7/h1-4,7H,5-6H2,(H,15,16);1-4H,8H2;1-2H2,(H,6,7)(H,8,9). The number of aliphatic carboxylic acids is 3. The van der Waals surface area contributed by atoms with Gasteiger partial charge in [0.15, 0.2) is 0 Å². The fourth-order valence-electron chi connectivity index (χ4n) is 2.46. The van der Waals surface area contributed by atoms with Crippen molar-refractivity contribution in [2.75, 3.05) is 17.2 Å². The van der Waals surface area contributed by atoms with Crippen LogP contribution in [0.4, 0.5) is 11.4 Å². The number of nitrogens with two attached hydrogens (primary N) is 1. The lowest BCUT2D eigenvalue weighted by atomic mass is 10.1. The zero-order valence-corrected chi connectivity index (χ0v) is 20.5. The van der Waals surface area contributed by atoms with Crippen LogP contribution in [-0.2, 0) is 19.2 Å². The van der Waals surface area contributed by atoms with E-state index in [0.29, 0.717) is 0 Å². The monoisotopic (exact) mass is 584 g/mol. The topological polar surface area (TPSA) is 158 Å². The number of halogens is 2. The number of anilines is 2. The molecule has 1 heterocycles. The van der Waals surface area contributed by atoms with Gasteiger partial charge in [-0.2, -0.15) is 0 Å². The summed E-state index contributed by atoms with van der Waals surface area (Å²) in [5, 5.41) is 24.9. The fraction of sp³-hybridized carbons (Fsp3) is 0.182. The van der Waals surface area contributed by atoms with E-state index in [1.807, 2.05) is 36.4 Å². The molecule has 0 spiro atoms. The van der Waals surface area contributed by atoms with Crippen LogP contribution in [0.3, 0.4) is 0 Å². The van der Waals surface area contributed by atoms with E-state index in [0.717, 1.165) is 20.3 Å². The number of nitrogens with zero attached hydrogens (tertiary/aromatic N) is 1. The number of hydrogen-bond donors (Lipinski definition) is 4. The summed E-state index contributed by atoms with van der Waals surface area (Å²) in [6.07, 6.45) is -0.416. The van der Waals surface area contributed by atoms with Crippen molar-refractivity contribution >= 4 is 67.0 Å². The molecule has 0 aromatic heterocycles. The Morgan fingerprint density at radius 1 is 0.970 bits per heavy atom. The first-order chi connectivity index (χ1) is 15.4. The molecule has 3 rings (SSSR count). The average Bonchev–Trinajstić information content (AvgIpc) is 3.13. The largest absolute Gasteiger partial charge is 0.481 e. The van der Waals surface area contributed by atoms with Crippen LogP contribution in [0.2, 0.25) is 0 Å². The number of nitrogen functional groups attached to an aromatic ring is 1. The normalized spacial score (nSPS) is 14.3. The van der Waals surface area contributed by atoms with Crippen molar-refractivity contribution in [1.82, 2.24) is 0 Å². The van der Waals surface area contributed by atoms with Crippen LogP contribution in [0.5, 0.6) is 0 Å². The van der Waals surface area contributed by atoms with Crippen LogP contribution in [0.15, 0.2) is 69.6 Å². The lowest BCUT2D eigenvalue weighted by Crippen LogP contribution is -2.25. The molecule has 0 aliphatic carbocycles. The highest BCUT2D eigenvalue weighted by atomic mass is 79.9. The van der Waals surface area contributed by atoms with Crippen molar-refractivity contribution < 1.29 is 34.5 Å². The lowest BCUT2D eigenvalue weighted by Gasteiger charge is -2.15. The van der Waals surface area contributed by atoms with E-state index >= 15 is 0 Å². The Balaban J connectivity index is 0.000000273. The number of benzene rings is 2. The summed E-state index contributed by atoms with van der Waals surface area (Å²) < 4.78 is 1.99. The second-order valence-corrected chi connectivity index (χ2v) is 8.58. The Hall–Kier alpha value is -3.18. The first-order valence-corrected chi connectivity index (χ1v) is 10.9. The minimum absolute atomic E-state index is 0.0887. The van der Waals surface area contributed by atoms with E-state index < -0.39 is 30.2 Å². The molecule has 33 heavy (non-hydrogen) atoms. The van der Waals surface area contributed by atoms with Crippen LogP contribution in [0.1, 0.15) is 12.8 Å². The van der Waals surface area contributed by atoms with Crippen molar-refractivity contribution in [3.63, 3.8) is 0 Å². The van der Waals surface area contributed by atoms with Crippen molar-refractivity contribution in [1.29, 1.82) is 0 Å². The van der Waals surface area contributed by atoms with Gasteiger partial charge in [-0.1, -0.05) is 38.4 Å². The molecule has 1 saturated heterocycles. The zero-order valence-electron chi connectivity index (χ0n) is 17.3. The van der Waals surface area contributed by atoms with Crippen LogP contribution in [0, 0.1) is 5.92 Å². The maximum absolute atomic E-state index is 11.6. The number of carboxylic acids is 3. The second kappa shape index (κ2) is 13.4. The first-order valence-electron chi connectivity index (χ1n) is 9.33.